The summed E-state index contributed by atoms with van der Waals surface area (Å²) in [6.07, 6.45) is 3.77. The maximum absolute atomic E-state index is 5.79. The summed E-state index contributed by atoms with van der Waals surface area (Å²) >= 11 is 0. The molecule has 0 aliphatic heterocycles. The molecule has 19 heavy (non-hydrogen) atoms. The minimum atomic E-state index is -0.157. The van der Waals surface area contributed by atoms with Gasteiger partial charge in [-0.3, -0.25) is 4.68 Å². The quantitative estimate of drug-likeness (QED) is 0.916. The van der Waals surface area contributed by atoms with Crippen molar-refractivity contribution in [1.82, 2.24) is 9.78 Å². The Morgan fingerprint density at radius 3 is 2.42 bits per heavy atom. The molecule has 0 aliphatic carbocycles. The van der Waals surface area contributed by atoms with Gasteiger partial charge < -0.3 is 10.1 Å². The van der Waals surface area contributed by atoms with E-state index in [1.54, 1.807) is 4.68 Å². The first-order chi connectivity index (χ1) is 8.92. The van der Waals surface area contributed by atoms with Crippen molar-refractivity contribution in [2.24, 2.45) is 7.05 Å². The molecular weight excluding hydrogens is 238 g/mol. The maximum Gasteiger partial charge on any atom is 0.120 e. The summed E-state index contributed by atoms with van der Waals surface area (Å²) in [5.74, 6) is 0.901. The van der Waals surface area contributed by atoms with Crippen LogP contribution in [0, 0.1) is 0 Å². The molecule has 1 N–H and O–H groups in total. The second-order valence-corrected chi connectivity index (χ2v) is 5.61. The highest BCUT2D eigenvalue weighted by Gasteiger charge is 2.11. The predicted molar refractivity (Wildman–Crippen MR) is 77.4 cm³/mol. The van der Waals surface area contributed by atoms with Gasteiger partial charge in [0.2, 0.25) is 0 Å². The molecule has 0 fully saturated rings. The van der Waals surface area contributed by atoms with Crippen LogP contribution in [0.5, 0.6) is 5.75 Å². The maximum atomic E-state index is 5.79. The summed E-state index contributed by atoms with van der Waals surface area (Å²) < 4.78 is 7.57. The molecule has 2 aromatic rings. The first kappa shape index (κ1) is 13.5. The Morgan fingerprint density at radius 1 is 1.21 bits per heavy atom. The number of aryl methyl sites for hydroxylation is 1. The molecule has 0 bridgehead atoms. The number of nitrogens with zero attached hydrogens (tertiary/aromatic N) is 2. The Kier molecular flexibility index (Phi) is 3.79. The van der Waals surface area contributed by atoms with E-state index in [4.69, 9.17) is 4.74 Å². The van der Waals surface area contributed by atoms with Crippen molar-refractivity contribution >= 4 is 5.69 Å². The van der Waals surface area contributed by atoms with Crippen LogP contribution in [0.25, 0.3) is 0 Å². The Hall–Kier alpha value is -1.97. The molecule has 1 aromatic carbocycles. The van der Waals surface area contributed by atoms with Gasteiger partial charge in [-0.2, -0.15) is 5.10 Å². The smallest absolute Gasteiger partial charge is 0.120 e. The molecule has 0 amide bonds. The van der Waals surface area contributed by atoms with Crippen molar-refractivity contribution < 1.29 is 4.74 Å². The zero-order valence-corrected chi connectivity index (χ0v) is 12.0. The lowest BCUT2D eigenvalue weighted by atomic mass is 10.1. The lowest BCUT2D eigenvalue weighted by Crippen LogP contribution is -2.22. The van der Waals surface area contributed by atoms with Crippen LogP contribution in [0.15, 0.2) is 36.7 Å². The van der Waals surface area contributed by atoms with Gasteiger partial charge in [0.05, 0.1) is 11.9 Å². The van der Waals surface area contributed by atoms with Gasteiger partial charge in [0.1, 0.15) is 11.4 Å². The first-order valence-electron chi connectivity index (χ1n) is 6.43. The second kappa shape index (κ2) is 5.34. The summed E-state index contributed by atoms with van der Waals surface area (Å²) in [4.78, 5) is 0. The van der Waals surface area contributed by atoms with Gasteiger partial charge in [0.25, 0.3) is 0 Å². The summed E-state index contributed by atoms with van der Waals surface area (Å²) in [6, 6.07) is 8.16. The summed E-state index contributed by atoms with van der Waals surface area (Å²) in [7, 11) is 1.91. The number of nitrogens with one attached hydrogen (secondary N) is 1. The Morgan fingerprint density at radius 2 is 1.89 bits per heavy atom. The highest BCUT2D eigenvalue weighted by molar-refractivity contribution is 5.39. The van der Waals surface area contributed by atoms with Crippen molar-refractivity contribution in [3.8, 4) is 5.75 Å². The minimum Gasteiger partial charge on any atom is -0.488 e. The summed E-state index contributed by atoms with van der Waals surface area (Å²) in [5, 5.41) is 7.44. The lowest BCUT2D eigenvalue weighted by molar-refractivity contribution is 0.131. The van der Waals surface area contributed by atoms with Crippen molar-refractivity contribution in [3.05, 3.63) is 42.2 Å². The molecule has 0 saturated heterocycles. The van der Waals surface area contributed by atoms with Crippen LogP contribution >= 0.6 is 0 Å². The number of hydrogen-bond acceptors (Lipinski definition) is 3. The highest BCUT2D eigenvalue weighted by atomic mass is 16.5. The molecule has 0 unspecified atom stereocenters. The molecule has 0 radical (unpaired) electrons. The third kappa shape index (κ3) is 4.32. The Labute approximate surface area is 114 Å². The molecule has 0 spiro atoms. The monoisotopic (exact) mass is 259 g/mol. The topological polar surface area (TPSA) is 39.1 Å². The lowest BCUT2D eigenvalue weighted by Gasteiger charge is -2.21. The van der Waals surface area contributed by atoms with Crippen molar-refractivity contribution in [1.29, 1.82) is 0 Å². The van der Waals surface area contributed by atoms with Crippen LogP contribution in [0.1, 0.15) is 26.3 Å². The zero-order valence-electron chi connectivity index (χ0n) is 12.0. The number of aromatic nitrogens is 2. The third-order valence-electron chi connectivity index (χ3n) is 2.55. The Bertz CT molecular complexity index is 523. The molecule has 1 aromatic heterocycles. The van der Waals surface area contributed by atoms with Crippen LogP contribution in [0.4, 0.5) is 5.69 Å². The molecule has 102 valence electrons. The number of benzene rings is 1. The van der Waals surface area contributed by atoms with Gasteiger partial charge in [0.15, 0.2) is 0 Å². The van der Waals surface area contributed by atoms with E-state index < -0.39 is 0 Å². The summed E-state index contributed by atoms with van der Waals surface area (Å²) in [5.41, 5.74) is 2.08. The van der Waals surface area contributed by atoms with Gasteiger partial charge in [-0.25, -0.2) is 0 Å². The number of hydrogen-bond donors (Lipinski definition) is 1. The van der Waals surface area contributed by atoms with Gasteiger partial charge in [-0.15, -0.1) is 0 Å². The molecule has 4 heteroatoms. The van der Waals surface area contributed by atoms with E-state index in [1.165, 1.54) is 5.56 Å². The minimum absolute atomic E-state index is 0.157. The van der Waals surface area contributed by atoms with E-state index in [1.807, 2.05) is 52.3 Å². The molecule has 4 nitrogen and oxygen atoms in total. The van der Waals surface area contributed by atoms with Crippen LogP contribution in [0.3, 0.4) is 0 Å². The zero-order chi connectivity index (χ0) is 13.9. The molecule has 0 atom stereocenters. The number of anilines is 1. The number of ether oxygens (including phenoxy) is 1. The van der Waals surface area contributed by atoms with Gasteiger partial charge in [-0.05, 0) is 38.5 Å². The molecular formula is C15H21N3O. The van der Waals surface area contributed by atoms with E-state index in [0.29, 0.717) is 0 Å². The normalized spacial score (nSPS) is 11.4. The van der Waals surface area contributed by atoms with Gasteiger partial charge >= 0.3 is 0 Å². The van der Waals surface area contributed by atoms with Crippen molar-refractivity contribution in [2.75, 3.05) is 5.32 Å². The molecule has 1 heterocycles. The van der Waals surface area contributed by atoms with Gasteiger partial charge in [0, 0.05) is 19.8 Å². The SMILES string of the molecule is Cn1cc(NCc2ccc(OC(C)(C)C)cc2)cn1. The largest absolute Gasteiger partial charge is 0.488 e. The predicted octanol–water partition coefficient (Wildman–Crippen LogP) is 3.21. The van der Waals surface area contributed by atoms with E-state index >= 15 is 0 Å². The standard InChI is InChI=1S/C15H21N3O/c1-15(2,3)19-14-7-5-12(6-8-14)9-16-13-10-17-18(4)11-13/h5-8,10-11,16H,9H2,1-4H3. The van der Waals surface area contributed by atoms with Gasteiger partial charge in [-0.1, -0.05) is 12.1 Å². The third-order valence-corrected chi connectivity index (χ3v) is 2.55. The number of rotatable bonds is 4. The fraction of sp³-hybridized carbons (Fsp3) is 0.400. The Balaban J connectivity index is 1.91. The van der Waals surface area contributed by atoms with E-state index in [-0.39, 0.29) is 5.60 Å². The molecule has 2 rings (SSSR count). The van der Waals surface area contributed by atoms with E-state index in [9.17, 15) is 0 Å². The first-order valence-corrected chi connectivity index (χ1v) is 6.43. The van der Waals surface area contributed by atoms with Crippen molar-refractivity contribution in [2.45, 2.75) is 32.9 Å². The average molecular weight is 259 g/mol. The molecule has 0 saturated carbocycles. The summed E-state index contributed by atoms with van der Waals surface area (Å²) in [6.45, 7) is 6.92. The van der Waals surface area contributed by atoms with E-state index in [0.717, 1.165) is 18.0 Å². The average Bonchev–Trinajstić information content (AvgIpc) is 2.72. The van der Waals surface area contributed by atoms with E-state index in [2.05, 4.69) is 22.5 Å². The molecule has 0 aliphatic rings. The van der Waals surface area contributed by atoms with Crippen LogP contribution in [-0.2, 0) is 13.6 Å². The van der Waals surface area contributed by atoms with Crippen LogP contribution in [-0.4, -0.2) is 15.4 Å². The van der Waals surface area contributed by atoms with Crippen LogP contribution < -0.4 is 10.1 Å². The second-order valence-electron chi connectivity index (χ2n) is 5.61. The highest BCUT2D eigenvalue weighted by Crippen LogP contribution is 2.19. The van der Waals surface area contributed by atoms with Crippen LogP contribution in [0.2, 0.25) is 0 Å². The fourth-order valence-corrected chi connectivity index (χ4v) is 1.75. The fourth-order valence-electron chi connectivity index (χ4n) is 1.75. The van der Waals surface area contributed by atoms with Crippen molar-refractivity contribution in [3.63, 3.8) is 0 Å².